The quantitative estimate of drug-likeness (QED) is 0.382. The molecule has 2 N–H and O–H groups in total. The van der Waals surface area contributed by atoms with Gasteiger partial charge in [-0.1, -0.05) is 0 Å². The Bertz CT molecular complexity index is 743. The molecule has 0 amide bonds. The van der Waals surface area contributed by atoms with Crippen LogP contribution >= 0.6 is 24.0 Å². The number of rotatable bonds is 5. The van der Waals surface area contributed by atoms with Crippen molar-refractivity contribution in [3.05, 3.63) is 30.1 Å². The van der Waals surface area contributed by atoms with E-state index in [9.17, 15) is 12.8 Å². The number of nitrogens with two attached hydrogens (primary N) is 1. The first-order chi connectivity index (χ1) is 11.8. The van der Waals surface area contributed by atoms with E-state index in [4.69, 9.17) is 5.73 Å². The molecule has 2 fully saturated rings. The van der Waals surface area contributed by atoms with Crippen LogP contribution in [-0.4, -0.2) is 64.0 Å². The van der Waals surface area contributed by atoms with Crippen molar-refractivity contribution in [2.24, 2.45) is 16.1 Å². The Morgan fingerprint density at radius 2 is 1.77 bits per heavy atom. The van der Waals surface area contributed by atoms with Crippen molar-refractivity contribution in [2.45, 2.75) is 12.8 Å². The molecule has 1 aliphatic heterocycles. The molecule has 1 saturated heterocycles. The summed E-state index contributed by atoms with van der Waals surface area (Å²) in [7, 11) is -2.99. The van der Waals surface area contributed by atoms with Crippen molar-refractivity contribution in [1.29, 1.82) is 0 Å². The van der Waals surface area contributed by atoms with Crippen LogP contribution in [0, 0.1) is 11.2 Å². The van der Waals surface area contributed by atoms with Gasteiger partial charge in [0, 0.05) is 50.1 Å². The Morgan fingerprint density at radius 1 is 1.19 bits per heavy atom. The smallest absolute Gasteiger partial charge is 0.191 e. The largest absolute Gasteiger partial charge is 0.370 e. The monoisotopic (exact) mass is 496 g/mol. The summed E-state index contributed by atoms with van der Waals surface area (Å²) in [6.45, 7) is 3.54. The van der Waals surface area contributed by atoms with Gasteiger partial charge in [0.05, 0.1) is 5.75 Å². The number of aliphatic imine (C=N–C) groups is 1. The van der Waals surface area contributed by atoms with Crippen LogP contribution in [0.1, 0.15) is 12.8 Å². The number of anilines is 1. The van der Waals surface area contributed by atoms with Crippen molar-refractivity contribution in [2.75, 3.05) is 49.6 Å². The highest BCUT2D eigenvalue weighted by molar-refractivity contribution is 14.0. The average molecular weight is 496 g/mol. The predicted molar refractivity (Wildman–Crippen MR) is 113 cm³/mol. The van der Waals surface area contributed by atoms with Crippen LogP contribution in [-0.2, 0) is 9.84 Å². The summed E-state index contributed by atoms with van der Waals surface area (Å²) >= 11 is 0. The Hall–Kier alpha value is -1.10. The third-order valence-electron chi connectivity index (χ3n) is 4.90. The van der Waals surface area contributed by atoms with Gasteiger partial charge < -0.3 is 15.5 Å². The van der Waals surface area contributed by atoms with Crippen LogP contribution in [0.3, 0.4) is 0 Å². The standard InChI is InChI=1S/C17H25FN4O2S.HI/c1-25(23,24)13-17(6-7-17)12-20-16(19)22-10-8-21(9-11-22)15-4-2-14(18)3-5-15;/h2-5H,6-13H2,1H3,(H2,19,20);1H. The maximum Gasteiger partial charge on any atom is 0.191 e. The normalized spacial score (nSPS) is 19.8. The fraction of sp³-hybridized carbons (Fsp3) is 0.588. The van der Waals surface area contributed by atoms with E-state index >= 15 is 0 Å². The van der Waals surface area contributed by atoms with Gasteiger partial charge in [0.1, 0.15) is 15.7 Å². The fourth-order valence-electron chi connectivity index (χ4n) is 3.28. The highest BCUT2D eigenvalue weighted by Gasteiger charge is 2.45. The number of piperazine rings is 1. The van der Waals surface area contributed by atoms with Gasteiger partial charge in [-0.15, -0.1) is 24.0 Å². The number of hydrogen-bond donors (Lipinski definition) is 1. The first kappa shape index (κ1) is 21.2. The van der Waals surface area contributed by atoms with E-state index in [2.05, 4.69) is 9.89 Å². The maximum absolute atomic E-state index is 13.0. The lowest BCUT2D eigenvalue weighted by Gasteiger charge is -2.36. The second-order valence-corrected chi connectivity index (χ2v) is 9.34. The van der Waals surface area contributed by atoms with Gasteiger partial charge in [0.25, 0.3) is 0 Å². The Morgan fingerprint density at radius 3 is 2.27 bits per heavy atom. The SMILES string of the molecule is CS(=O)(=O)CC1(CN=C(N)N2CCN(c3ccc(F)cc3)CC2)CC1.I. The van der Waals surface area contributed by atoms with Gasteiger partial charge in [-0.3, -0.25) is 4.99 Å². The summed E-state index contributed by atoms with van der Waals surface area (Å²) in [6, 6.07) is 6.50. The minimum atomic E-state index is -2.99. The van der Waals surface area contributed by atoms with E-state index in [-0.39, 0.29) is 41.0 Å². The van der Waals surface area contributed by atoms with Gasteiger partial charge in [-0.05, 0) is 37.1 Å². The summed E-state index contributed by atoms with van der Waals surface area (Å²) in [5, 5.41) is 0. The fourth-order valence-corrected chi connectivity index (χ4v) is 4.77. The van der Waals surface area contributed by atoms with E-state index in [1.807, 2.05) is 4.90 Å². The van der Waals surface area contributed by atoms with E-state index in [0.717, 1.165) is 44.7 Å². The number of halogens is 2. The Kier molecular flexibility index (Phi) is 6.75. The number of sulfone groups is 1. The summed E-state index contributed by atoms with van der Waals surface area (Å²) in [4.78, 5) is 8.68. The molecule has 1 aromatic rings. The lowest BCUT2D eigenvalue weighted by molar-refractivity contribution is 0.379. The van der Waals surface area contributed by atoms with Crippen molar-refractivity contribution in [1.82, 2.24) is 4.90 Å². The minimum Gasteiger partial charge on any atom is -0.370 e. The first-order valence-electron chi connectivity index (χ1n) is 8.50. The predicted octanol–water partition coefficient (Wildman–Crippen LogP) is 1.71. The second kappa shape index (κ2) is 8.28. The number of guanidine groups is 1. The van der Waals surface area contributed by atoms with Crippen LogP contribution in [0.4, 0.5) is 10.1 Å². The van der Waals surface area contributed by atoms with Crippen LogP contribution in [0.5, 0.6) is 0 Å². The molecule has 2 aliphatic rings. The maximum atomic E-state index is 13.0. The molecule has 0 atom stereocenters. The van der Waals surface area contributed by atoms with Crippen LogP contribution in [0.15, 0.2) is 29.3 Å². The number of benzene rings is 1. The average Bonchev–Trinajstić information content (AvgIpc) is 3.31. The molecule has 6 nitrogen and oxygen atoms in total. The van der Waals surface area contributed by atoms with Crippen LogP contribution < -0.4 is 10.6 Å². The summed E-state index contributed by atoms with van der Waals surface area (Å²) < 4.78 is 36.0. The molecule has 1 saturated carbocycles. The van der Waals surface area contributed by atoms with Gasteiger partial charge in [0.2, 0.25) is 0 Å². The van der Waals surface area contributed by atoms with Gasteiger partial charge in [-0.2, -0.15) is 0 Å². The topological polar surface area (TPSA) is 79.0 Å². The zero-order valence-electron chi connectivity index (χ0n) is 14.9. The third-order valence-corrected chi connectivity index (χ3v) is 6.03. The molecule has 26 heavy (non-hydrogen) atoms. The van der Waals surface area contributed by atoms with Crippen LogP contribution in [0.25, 0.3) is 0 Å². The lowest BCUT2D eigenvalue weighted by atomic mass is 10.1. The van der Waals surface area contributed by atoms with Crippen molar-refractivity contribution in [3.8, 4) is 0 Å². The minimum absolute atomic E-state index is 0. The lowest BCUT2D eigenvalue weighted by Crippen LogP contribution is -2.51. The van der Waals surface area contributed by atoms with Gasteiger partial charge in [-0.25, -0.2) is 12.8 Å². The second-order valence-electron chi connectivity index (χ2n) is 7.20. The Labute approximate surface area is 171 Å². The van der Waals surface area contributed by atoms with E-state index in [1.54, 1.807) is 12.1 Å². The molecule has 9 heteroatoms. The molecule has 146 valence electrons. The number of nitrogens with zero attached hydrogens (tertiary/aromatic N) is 3. The summed E-state index contributed by atoms with van der Waals surface area (Å²) in [5.74, 6) is 0.440. The van der Waals surface area contributed by atoms with Crippen molar-refractivity contribution < 1.29 is 12.8 Å². The molecule has 1 heterocycles. The molecule has 3 rings (SSSR count). The molecular weight excluding hydrogens is 470 g/mol. The molecule has 0 radical (unpaired) electrons. The summed E-state index contributed by atoms with van der Waals surface area (Å²) in [5.41, 5.74) is 6.91. The highest BCUT2D eigenvalue weighted by Crippen LogP contribution is 2.46. The van der Waals surface area contributed by atoms with E-state index in [0.29, 0.717) is 12.5 Å². The first-order valence-corrected chi connectivity index (χ1v) is 10.6. The highest BCUT2D eigenvalue weighted by atomic mass is 127. The van der Waals surface area contributed by atoms with E-state index < -0.39 is 9.84 Å². The number of hydrogen-bond acceptors (Lipinski definition) is 4. The van der Waals surface area contributed by atoms with Crippen molar-refractivity contribution >= 4 is 45.5 Å². The zero-order chi connectivity index (χ0) is 18.1. The summed E-state index contributed by atoms with van der Waals surface area (Å²) in [6.07, 6.45) is 3.07. The van der Waals surface area contributed by atoms with Crippen LogP contribution in [0.2, 0.25) is 0 Å². The molecule has 1 aliphatic carbocycles. The zero-order valence-corrected chi connectivity index (χ0v) is 18.0. The Balaban J connectivity index is 0.00000243. The third kappa shape index (κ3) is 5.70. The molecular formula is C17H26FIN4O2S. The van der Waals surface area contributed by atoms with E-state index in [1.165, 1.54) is 18.4 Å². The molecule has 0 aromatic heterocycles. The van der Waals surface area contributed by atoms with Crippen molar-refractivity contribution in [3.63, 3.8) is 0 Å². The molecule has 1 aromatic carbocycles. The molecule has 0 bridgehead atoms. The molecule has 0 spiro atoms. The van der Waals surface area contributed by atoms with Gasteiger partial charge in [0.15, 0.2) is 5.96 Å². The van der Waals surface area contributed by atoms with Gasteiger partial charge >= 0.3 is 0 Å². The molecule has 0 unspecified atom stereocenters.